The number of pyridine rings is 1. The molecule has 0 saturated heterocycles. The summed E-state index contributed by atoms with van der Waals surface area (Å²) < 4.78 is 0. The standard InChI is InChI=1S/C11H17N3O/c1-2-5-14(6-7-15)11-3-4-13-9-10(11)8-12/h2-4,9,15H,1,5-8,12H2. The Morgan fingerprint density at radius 3 is 3.00 bits per heavy atom. The Hall–Kier alpha value is -1.39. The van der Waals surface area contributed by atoms with E-state index >= 15 is 0 Å². The van der Waals surface area contributed by atoms with Crippen LogP contribution in [0.2, 0.25) is 0 Å². The molecule has 0 unspecified atom stereocenters. The van der Waals surface area contributed by atoms with Gasteiger partial charge in [0.2, 0.25) is 0 Å². The average molecular weight is 207 g/mol. The summed E-state index contributed by atoms with van der Waals surface area (Å²) in [6.07, 6.45) is 5.28. The van der Waals surface area contributed by atoms with E-state index < -0.39 is 0 Å². The van der Waals surface area contributed by atoms with Crippen molar-refractivity contribution in [3.63, 3.8) is 0 Å². The first-order valence-corrected chi connectivity index (χ1v) is 4.93. The van der Waals surface area contributed by atoms with Gasteiger partial charge >= 0.3 is 0 Å². The molecule has 82 valence electrons. The van der Waals surface area contributed by atoms with Crippen molar-refractivity contribution in [2.75, 3.05) is 24.6 Å². The smallest absolute Gasteiger partial charge is 0.0606 e. The third kappa shape index (κ3) is 3.04. The molecule has 1 rings (SSSR count). The third-order valence-electron chi connectivity index (χ3n) is 2.16. The highest BCUT2D eigenvalue weighted by Gasteiger charge is 2.08. The normalized spacial score (nSPS) is 10.0. The van der Waals surface area contributed by atoms with Crippen LogP contribution in [0.4, 0.5) is 5.69 Å². The Balaban J connectivity index is 2.92. The van der Waals surface area contributed by atoms with Gasteiger partial charge in [-0.05, 0) is 6.07 Å². The highest BCUT2D eigenvalue weighted by Crippen LogP contribution is 2.18. The molecule has 0 atom stereocenters. The zero-order valence-corrected chi connectivity index (χ0v) is 8.76. The van der Waals surface area contributed by atoms with E-state index in [9.17, 15) is 0 Å². The molecule has 0 aromatic carbocycles. The lowest BCUT2D eigenvalue weighted by Crippen LogP contribution is -2.28. The van der Waals surface area contributed by atoms with Gasteiger partial charge in [0.15, 0.2) is 0 Å². The summed E-state index contributed by atoms with van der Waals surface area (Å²) in [6.45, 7) is 5.52. The number of hydrogen-bond acceptors (Lipinski definition) is 4. The summed E-state index contributed by atoms with van der Waals surface area (Å²) in [6, 6.07) is 1.90. The molecule has 0 bridgehead atoms. The van der Waals surface area contributed by atoms with Gasteiger partial charge in [-0.2, -0.15) is 0 Å². The summed E-state index contributed by atoms with van der Waals surface area (Å²) in [4.78, 5) is 6.05. The lowest BCUT2D eigenvalue weighted by atomic mass is 10.2. The molecule has 15 heavy (non-hydrogen) atoms. The monoisotopic (exact) mass is 207 g/mol. The summed E-state index contributed by atoms with van der Waals surface area (Å²) in [5, 5.41) is 8.97. The number of aliphatic hydroxyl groups excluding tert-OH is 1. The Morgan fingerprint density at radius 1 is 1.60 bits per heavy atom. The van der Waals surface area contributed by atoms with Crippen molar-refractivity contribution >= 4 is 5.69 Å². The first-order valence-electron chi connectivity index (χ1n) is 4.93. The number of nitrogens with two attached hydrogens (primary N) is 1. The van der Waals surface area contributed by atoms with Crippen molar-refractivity contribution in [1.82, 2.24) is 4.98 Å². The Morgan fingerprint density at radius 2 is 2.40 bits per heavy atom. The quantitative estimate of drug-likeness (QED) is 0.668. The van der Waals surface area contributed by atoms with Crippen molar-refractivity contribution in [2.45, 2.75) is 6.54 Å². The van der Waals surface area contributed by atoms with Gasteiger partial charge in [-0.1, -0.05) is 6.08 Å². The van der Waals surface area contributed by atoms with Crippen LogP contribution in [0.15, 0.2) is 31.1 Å². The highest BCUT2D eigenvalue weighted by molar-refractivity contribution is 5.52. The lowest BCUT2D eigenvalue weighted by molar-refractivity contribution is 0.303. The molecule has 4 nitrogen and oxygen atoms in total. The lowest BCUT2D eigenvalue weighted by Gasteiger charge is -2.24. The zero-order chi connectivity index (χ0) is 11.1. The van der Waals surface area contributed by atoms with Crippen molar-refractivity contribution in [3.8, 4) is 0 Å². The molecule has 1 aromatic rings. The van der Waals surface area contributed by atoms with Gasteiger partial charge in [-0.3, -0.25) is 4.98 Å². The van der Waals surface area contributed by atoms with Crippen LogP contribution in [0.5, 0.6) is 0 Å². The molecular weight excluding hydrogens is 190 g/mol. The predicted octanol–water partition coefficient (Wildman–Crippen LogP) is 0.525. The summed E-state index contributed by atoms with van der Waals surface area (Å²) in [7, 11) is 0. The van der Waals surface area contributed by atoms with Gasteiger partial charge in [-0.15, -0.1) is 6.58 Å². The van der Waals surface area contributed by atoms with Crippen molar-refractivity contribution in [2.24, 2.45) is 5.73 Å². The fourth-order valence-corrected chi connectivity index (χ4v) is 1.47. The Labute approximate surface area is 90.0 Å². The molecule has 0 aliphatic rings. The largest absolute Gasteiger partial charge is 0.395 e. The van der Waals surface area contributed by atoms with Crippen LogP contribution in [-0.2, 0) is 6.54 Å². The van der Waals surface area contributed by atoms with Gasteiger partial charge in [0.1, 0.15) is 0 Å². The van der Waals surface area contributed by atoms with E-state index in [1.807, 2.05) is 11.0 Å². The number of aliphatic hydroxyl groups is 1. The van der Waals surface area contributed by atoms with Gasteiger partial charge < -0.3 is 15.7 Å². The number of aromatic nitrogens is 1. The van der Waals surface area contributed by atoms with E-state index in [0.29, 0.717) is 19.6 Å². The van der Waals surface area contributed by atoms with Crippen molar-refractivity contribution in [1.29, 1.82) is 0 Å². The number of rotatable bonds is 6. The fraction of sp³-hybridized carbons (Fsp3) is 0.364. The second kappa shape index (κ2) is 6.16. The third-order valence-corrected chi connectivity index (χ3v) is 2.16. The van der Waals surface area contributed by atoms with Gasteiger partial charge in [-0.25, -0.2) is 0 Å². The van der Waals surface area contributed by atoms with Crippen molar-refractivity contribution in [3.05, 3.63) is 36.7 Å². The number of anilines is 1. The maximum absolute atomic E-state index is 8.97. The van der Waals surface area contributed by atoms with Gasteiger partial charge in [0.05, 0.1) is 6.61 Å². The molecule has 1 aromatic heterocycles. The summed E-state index contributed by atoms with van der Waals surface area (Å²) in [5.74, 6) is 0. The molecular formula is C11H17N3O. The van der Waals surface area contributed by atoms with Crippen molar-refractivity contribution < 1.29 is 5.11 Å². The second-order valence-corrected chi connectivity index (χ2v) is 3.17. The molecule has 0 radical (unpaired) electrons. The molecule has 0 fully saturated rings. The van der Waals surface area contributed by atoms with Crippen LogP contribution >= 0.6 is 0 Å². The minimum absolute atomic E-state index is 0.111. The summed E-state index contributed by atoms with van der Waals surface area (Å²) in [5.41, 5.74) is 7.62. The SMILES string of the molecule is C=CCN(CCO)c1ccncc1CN. The van der Waals surface area contributed by atoms with Crippen LogP contribution in [0.25, 0.3) is 0 Å². The van der Waals surface area contributed by atoms with Crippen LogP contribution < -0.4 is 10.6 Å². The highest BCUT2D eigenvalue weighted by atomic mass is 16.3. The average Bonchev–Trinajstić information content (AvgIpc) is 2.29. The molecule has 1 heterocycles. The molecule has 3 N–H and O–H groups in total. The van der Waals surface area contributed by atoms with E-state index in [-0.39, 0.29) is 6.61 Å². The van der Waals surface area contributed by atoms with Crippen LogP contribution in [-0.4, -0.2) is 29.8 Å². The first kappa shape index (κ1) is 11.7. The van der Waals surface area contributed by atoms with Crippen LogP contribution in [0.1, 0.15) is 5.56 Å². The van der Waals surface area contributed by atoms with E-state index in [0.717, 1.165) is 11.3 Å². The molecule has 0 aliphatic heterocycles. The minimum atomic E-state index is 0.111. The fourth-order valence-electron chi connectivity index (χ4n) is 1.47. The maximum Gasteiger partial charge on any atom is 0.0606 e. The molecule has 4 heteroatoms. The van der Waals surface area contributed by atoms with Gasteiger partial charge in [0, 0.05) is 43.3 Å². The molecule has 0 aliphatic carbocycles. The first-order chi connectivity index (χ1) is 7.33. The van der Waals surface area contributed by atoms with Crippen LogP contribution in [0.3, 0.4) is 0 Å². The zero-order valence-electron chi connectivity index (χ0n) is 8.76. The molecule has 0 saturated carbocycles. The molecule has 0 amide bonds. The van der Waals surface area contributed by atoms with E-state index in [1.54, 1.807) is 18.5 Å². The maximum atomic E-state index is 8.97. The van der Waals surface area contributed by atoms with Gasteiger partial charge in [0.25, 0.3) is 0 Å². The molecule has 0 spiro atoms. The van der Waals surface area contributed by atoms with Crippen LogP contribution in [0, 0.1) is 0 Å². The Bertz CT molecular complexity index is 314. The predicted molar refractivity (Wildman–Crippen MR) is 61.6 cm³/mol. The topological polar surface area (TPSA) is 62.4 Å². The van der Waals surface area contributed by atoms with E-state index in [2.05, 4.69) is 11.6 Å². The summed E-state index contributed by atoms with van der Waals surface area (Å²) >= 11 is 0. The number of nitrogens with zero attached hydrogens (tertiary/aromatic N) is 2. The van der Waals surface area contributed by atoms with E-state index in [1.165, 1.54) is 0 Å². The van der Waals surface area contributed by atoms with E-state index in [4.69, 9.17) is 10.8 Å². The second-order valence-electron chi connectivity index (χ2n) is 3.17. The Kier molecular flexibility index (Phi) is 4.80. The minimum Gasteiger partial charge on any atom is -0.395 e. The number of hydrogen-bond donors (Lipinski definition) is 2.